The second-order valence-electron chi connectivity index (χ2n) is 7.92. The molecule has 0 spiro atoms. The van der Waals surface area contributed by atoms with E-state index in [1.807, 2.05) is 67.2 Å². The van der Waals surface area contributed by atoms with Gasteiger partial charge in [-0.3, -0.25) is 5.32 Å². The van der Waals surface area contributed by atoms with E-state index in [2.05, 4.69) is 5.32 Å². The molecule has 0 aliphatic carbocycles. The smallest absolute Gasteiger partial charge is 0.406 e. The van der Waals surface area contributed by atoms with E-state index in [0.717, 1.165) is 17.3 Å². The highest BCUT2D eigenvalue weighted by atomic mass is 28.4. The van der Waals surface area contributed by atoms with Crippen molar-refractivity contribution >= 4 is 18.7 Å². The molecule has 166 valence electrons. The molecular weight excluding hydrogens is 429 g/mol. The van der Waals surface area contributed by atoms with Gasteiger partial charge >= 0.3 is 6.18 Å². The summed E-state index contributed by atoms with van der Waals surface area (Å²) in [7, 11) is -2.73. The minimum Gasteiger partial charge on any atom is -0.406 e. The Bertz CT molecular complexity index is 1000. The normalized spacial score (nSPS) is 14.9. The zero-order valence-corrected chi connectivity index (χ0v) is 18.9. The molecule has 0 aliphatic heterocycles. The fraction of sp³-hybridized carbons (Fsp3) is 0.240. The van der Waals surface area contributed by atoms with E-state index in [4.69, 9.17) is 4.43 Å². The van der Waals surface area contributed by atoms with Gasteiger partial charge in [0, 0.05) is 0 Å². The van der Waals surface area contributed by atoms with Crippen LogP contribution in [0.4, 0.5) is 13.2 Å². The number of halogens is 3. The van der Waals surface area contributed by atoms with E-state index < -0.39 is 26.1 Å². The average molecular weight is 455 g/mol. The van der Waals surface area contributed by atoms with Gasteiger partial charge in [-0.05, 0) is 29.4 Å². The first-order valence-corrected chi connectivity index (χ1v) is 12.7. The Hall–Kier alpha value is -2.92. The molecule has 0 saturated carbocycles. The SMILES string of the molecule is C[C@](C#N)(N[C@@H](CO[Si](C)(c1ccccc1)c1ccccc1)c1ccccc1)C(F)(F)F. The Labute approximate surface area is 187 Å². The molecule has 2 atom stereocenters. The van der Waals surface area contributed by atoms with Gasteiger partial charge < -0.3 is 4.43 Å². The van der Waals surface area contributed by atoms with Crippen molar-refractivity contribution < 1.29 is 17.6 Å². The summed E-state index contributed by atoms with van der Waals surface area (Å²) in [6, 6.07) is 28.8. The lowest BCUT2D eigenvalue weighted by Gasteiger charge is -2.35. The number of alkyl halides is 3. The Balaban J connectivity index is 1.97. The van der Waals surface area contributed by atoms with Crippen LogP contribution in [-0.2, 0) is 4.43 Å². The summed E-state index contributed by atoms with van der Waals surface area (Å²) in [5.41, 5.74) is -2.09. The molecular formula is C25H25F3N2OSi. The first-order valence-electron chi connectivity index (χ1n) is 10.3. The molecule has 0 heterocycles. The summed E-state index contributed by atoms with van der Waals surface area (Å²) < 4.78 is 47.5. The van der Waals surface area contributed by atoms with Gasteiger partial charge in [-0.25, -0.2) is 0 Å². The van der Waals surface area contributed by atoms with Crippen LogP contribution in [0.2, 0.25) is 6.55 Å². The van der Waals surface area contributed by atoms with Crippen LogP contribution in [0.25, 0.3) is 0 Å². The molecule has 0 amide bonds. The molecule has 3 aromatic carbocycles. The number of rotatable bonds is 8. The predicted octanol–water partition coefficient (Wildman–Crippen LogP) is 4.57. The third-order valence-electron chi connectivity index (χ3n) is 5.64. The second kappa shape index (κ2) is 9.70. The lowest BCUT2D eigenvalue weighted by molar-refractivity contribution is -0.176. The van der Waals surface area contributed by atoms with E-state index in [-0.39, 0.29) is 6.61 Å². The van der Waals surface area contributed by atoms with Gasteiger partial charge in [0.15, 0.2) is 0 Å². The summed E-state index contributed by atoms with van der Waals surface area (Å²) in [5.74, 6) is 0. The van der Waals surface area contributed by atoms with E-state index >= 15 is 0 Å². The van der Waals surface area contributed by atoms with Crippen molar-refractivity contribution in [1.29, 1.82) is 5.26 Å². The van der Waals surface area contributed by atoms with Gasteiger partial charge in [-0.15, -0.1) is 0 Å². The summed E-state index contributed by atoms with van der Waals surface area (Å²) in [5, 5.41) is 13.9. The molecule has 0 bridgehead atoms. The fourth-order valence-electron chi connectivity index (χ4n) is 3.53. The number of nitrogens with one attached hydrogen (secondary N) is 1. The number of nitrogens with zero attached hydrogens (tertiary/aromatic N) is 1. The molecule has 0 fully saturated rings. The average Bonchev–Trinajstić information content (AvgIpc) is 2.82. The van der Waals surface area contributed by atoms with E-state index in [1.54, 1.807) is 30.3 Å². The highest BCUT2D eigenvalue weighted by molar-refractivity contribution is 6.96. The van der Waals surface area contributed by atoms with Crippen molar-refractivity contribution in [2.75, 3.05) is 6.61 Å². The monoisotopic (exact) mass is 454 g/mol. The molecule has 3 nitrogen and oxygen atoms in total. The van der Waals surface area contributed by atoms with E-state index in [1.165, 1.54) is 6.07 Å². The van der Waals surface area contributed by atoms with Gasteiger partial charge in [0.1, 0.15) is 0 Å². The second-order valence-corrected chi connectivity index (χ2v) is 11.4. The van der Waals surface area contributed by atoms with Crippen molar-refractivity contribution in [3.8, 4) is 6.07 Å². The maximum absolute atomic E-state index is 13.7. The standard InChI is InChI=1S/C25H25F3N2OSi/c1-24(19-29,25(26,27)28)30-23(20-12-6-3-7-13-20)18-31-32(2,21-14-8-4-9-15-21)22-16-10-5-11-17-22/h3-17,23,30H,18H2,1-2H3/t23-,24+/m0/s1. The Morgan fingerprint density at radius 3 is 1.72 bits per heavy atom. The molecule has 0 aromatic heterocycles. The number of nitriles is 1. The van der Waals surface area contributed by atoms with Gasteiger partial charge in [-0.2, -0.15) is 18.4 Å². The molecule has 7 heteroatoms. The van der Waals surface area contributed by atoms with E-state index in [9.17, 15) is 18.4 Å². The van der Waals surface area contributed by atoms with Crippen LogP contribution in [-0.4, -0.2) is 26.6 Å². The van der Waals surface area contributed by atoms with Crippen LogP contribution >= 0.6 is 0 Å². The third-order valence-corrected chi connectivity index (χ3v) is 9.26. The van der Waals surface area contributed by atoms with Crippen LogP contribution in [0.3, 0.4) is 0 Å². The predicted molar refractivity (Wildman–Crippen MR) is 122 cm³/mol. The molecule has 0 saturated heterocycles. The molecule has 32 heavy (non-hydrogen) atoms. The Morgan fingerprint density at radius 2 is 1.31 bits per heavy atom. The number of benzene rings is 3. The lowest BCUT2D eigenvalue weighted by atomic mass is 9.99. The zero-order chi connectivity index (χ0) is 23.2. The van der Waals surface area contributed by atoms with Gasteiger partial charge in [0.2, 0.25) is 5.54 Å². The molecule has 1 N–H and O–H groups in total. The summed E-state index contributed by atoms with van der Waals surface area (Å²) in [6.45, 7) is 2.87. The molecule has 3 rings (SSSR count). The Kier molecular flexibility index (Phi) is 7.19. The maximum Gasteiger partial charge on any atom is 0.419 e. The van der Waals surface area contributed by atoms with Crippen molar-refractivity contribution in [3.05, 3.63) is 96.6 Å². The van der Waals surface area contributed by atoms with Crippen molar-refractivity contribution in [2.24, 2.45) is 0 Å². The van der Waals surface area contributed by atoms with Crippen molar-refractivity contribution in [3.63, 3.8) is 0 Å². The number of hydrogen-bond acceptors (Lipinski definition) is 3. The van der Waals surface area contributed by atoms with Crippen LogP contribution in [0, 0.1) is 11.3 Å². The molecule has 3 aromatic rings. The van der Waals surface area contributed by atoms with Crippen LogP contribution < -0.4 is 15.7 Å². The number of hydrogen-bond donors (Lipinski definition) is 1. The minimum atomic E-state index is -4.74. The summed E-state index contributed by atoms with van der Waals surface area (Å²) >= 11 is 0. The van der Waals surface area contributed by atoms with Gasteiger partial charge in [0.25, 0.3) is 8.32 Å². The van der Waals surface area contributed by atoms with E-state index in [0.29, 0.717) is 5.56 Å². The van der Waals surface area contributed by atoms with Gasteiger partial charge in [0.05, 0.1) is 18.7 Å². The zero-order valence-electron chi connectivity index (χ0n) is 17.9. The van der Waals surface area contributed by atoms with Crippen LogP contribution in [0.5, 0.6) is 0 Å². The largest absolute Gasteiger partial charge is 0.419 e. The van der Waals surface area contributed by atoms with Crippen LogP contribution in [0.1, 0.15) is 18.5 Å². The summed E-state index contributed by atoms with van der Waals surface area (Å²) in [4.78, 5) is 0. The van der Waals surface area contributed by atoms with Crippen molar-refractivity contribution in [1.82, 2.24) is 5.32 Å². The first-order chi connectivity index (χ1) is 15.2. The quantitative estimate of drug-likeness (QED) is 0.507. The first kappa shape index (κ1) is 23.7. The van der Waals surface area contributed by atoms with Gasteiger partial charge in [-0.1, -0.05) is 91.0 Å². The highest BCUT2D eigenvalue weighted by Crippen LogP contribution is 2.32. The summed E-state index contributed by atoms with van der Waals surface area (Å²) in [6.07, 6.45) is -4.74. The molecule has 0 aliphatic rings. The van der Waals surface area contributed by atoms with Crippen LogP contribution in [0.15, 0.2) is 91.0 Å². The lowest BCUT2D eigenvalue weighted by Crippen LogP contribution is -2.60. The maximum atomic E-state index is 13.7. The molecule has 0 radical (unpaired) electrons. The molecule has 0 unspecified atom stereocenters. The Morgan fingerprint density at radius 1 is 0.875 bits per heavy atom. The highest BCUT2D eigenvalue weighted by Gasteiger charge is 2.53. The fourth-order valence-corrected chi connectivity index (χ4v) is 6.35. The topological polar surface area (TPSA) is 45.0 Å². The minimum absolute atomic E-state index is 0.0239. The van der Waals surface area contributed by atoms with Crippen molar-refractivity contribution in [2.45, 2.75) is 31.2 Å². The third kappa shape index (κ3) is 5.10.